The van der Waals surface area contributed by atoms with Crippen LogP contribution in [0, 0.1) is 25.7 Å². The molecule has 102 valence electrons. The van der Waals surface area contributed by atoms with Crippen LogP contribution >= 0.6 is 11.8 Å². The van der Waals surface area contributed by atoms with E-state index in [4.69, 9.17) is 5.73 Å². The van der Waals surface area contributed by atoms with E-state index in [1.54, 1.807) is 0 Å². The van der Waals surface area contributed by atoms with Gasteiger partial charge in [0, 0.05) is 16.2 Å². The Morgan fingerprint density at radius 3 is 2.70 bits per heavy atom. The monoisotopic (exact) mass is 281 g/mol. The average Bonchev–Trinajstić information content (AvgIpc) is 2.45. The highest BCUT2D eigenvalue weighted by Crippen LogP contribution is 2.26. The van der Waals surface area contributed by atoms with Crippen LogP contribution in [0.15, 0.2) is 47.4 Å². The Balaban J connectivity index is 2.07. The lowest BCUT2D eigenvalue weighted by Crippen LogP contribution is -1.93. The maximum Gasteiger partial charge on any atom is 0.0555 e. The van der Waals surface area contributed by atoms with Crippen molar-refractivity contribution in [2.45, 2.75) is 24.5 Å². The zero-order valence-corrected chi connectivity index (χ0v) is 12.8. The zero-order chi connectivity index (χ0) is 14.4. The Labute approximate surface area is 125 Å². The first-order valence-corrected chi connectivity index (χ1v) is 7.65. The van der Waals surface area contributed by atoms with Gasteiger partial charge in [0.05, 0.1) is 6.54 Å². The lowest BCUT2D eigenvalue weighted by Gasteiger charge is -2.07. The summed E-state index contributed by atoms with van der Waals surface area (Å²) in [6.07, 6.45) is 0. The third-order valence-electron chi connectivity index (χ3n) is 2.99. The van der Waals surface area contributed by atoms with Crippen molar-refractivity contribution in [3.63, 3.8) is 0 Å². The van der Waals surface area contributed by atoms with E-state index in [-0.39, 0.29) is 0 Å². The van der Waals surface area contributed by atoms with Crippen LogP contribution in [0.1, 0.15) is 22.3 Å². The highest BCUT2D eigenvalue weighted by Gasteiger charge is 2.01. The van der Waals surface area contributed by atoms with Crippen LogP contribution in [0.25, 0.3) is 0 Å². The number of nitrogens with two attached hydrogens (primary N) is 1. The van der Waals surface area contributed by atoms with Gasteiger partial charge in [-0.3, -0.25) is 0 Å². The number of thioether (sulfide) groups is 1. The number of aryl methyl sites for hydroxylation is 2. The number of rotatable bonds is 3. The second-order valence-electron chi connectivity index (χ2n) is 4.76. The molecule has 0 spiro atoms. The summed E-state index contributed by atoms with van der Waals surface area (Å²) in [5.74, 6) is 6.93. The maximum atomic E-state index is 5.40. The van der Waals surface area contributed by atoms with Crippen LogP contribution in [0.3, 0.4) is 0 Å². The quantitative estimate of drug-likeness (QED) is 0.682. The number of hydrogen-bond acceptors (Lipinski definition) is 2. The van der Waals surface area contributed by atoms with Crippen LogP contribution in [0.5, 0.6) is 0 Å². The van der Waals surface area contributed by atoms with Gasteiger partial charge >= 0.3 is 0 Å². The topological polar surface area (TPSA) is 26.0 Å². The van der Waals surface area contributed by atoms with Crippen molar-refractivity contribution in [3.8, 4) is 11.8 Å². The molecule has 2 aromatic rings. The van der Waals surface area contributed by atoms with Crippen molar-refractivity contribution in [2.24, 2.45) is 5.73 Å². The van der Waals surface area contributed by atoms with Crippen LogP contribution in [-0.4, -0.2) is 6.54 Å². The van der Waals surface area contributed by atoms with Crippen molar-refractivity contribution in [1.29, 1.82) is 0 Å². The largest absolute Gasteiger partial charge is 0.320 e. The molecule has 0 unspecified atom stereocenters. The molecule has 0 fully saturated rings. The van der Waals surface area contributed by atoms with Gasteiger partial charge in [0.2, 0.25) is 0 Å². The number of hydrogen-bond donors (Lipinski definition) is 1. The Hall–Kier alpha value is -1.69. The number of benzene rings is 2. The summed E-state index contributed by atoms with van der Waals surface area (Å²) < 4.78 is 0. The molecular weight excluding hydrogens is 262 g/mol. The van der Waals surface area contributed by atoms with Gasteiger partial charge in [0.15, 0.2) is 0 Å². The molecule has 0 radical (unpaired) electrons. The van der Waals surface area contributed by atoms with Crippen molar-refractivity contribution in [2.75, 3.05) is 6.54 Å². The molecule has 0 aliphatic rings. The van der Waals surface area contributed by atoms with Gasteiger partial charge in [0.1, 0.15) is 0 Å². The summed E-state index contributed by atoms with van der Waals surface area (Å²) in [4.78, 5) is 1.34. The summed E-state index contributed by atoms with van der Waals surface area (Å²) in [6.45, 7) is 4.70. The van der Waals surface area contributed by atoms with Crippen LogP contribution < -0.4 is 5.73 Å². The van der Waals surface area contributed by atoms with E-state index in [0.29, 0.717) is 6.54 Å². The van der Waals surface area contributed by atoms with E-state index in [1.165, 1.54) is 21.6 Å². The van der Waals surface area contributed by atoms with Gasteiger partial charge in [-0.25, -0.2) is 0 Å². The highest BCUT2D eigenvalue weighted by molar-refractivity contribution is 7.98. The van der Waals surface area contributed by atoms with E-state index in [2.05, 4.69) is 62.1 Å². The molecule has 0 aliphatic carbocycles. The molecular formula is C18H19NS. The van der Waals surface area contributed by atoms with Gasteiger partial charge in [-0.2, -0.15) is 0 Å². The maximum absolute atomic E-state index is 5.40. The molecule has 1 nitrogen and oxygen atoms in total. The molecule has 0 saturated carbocycles. The SMILES string of the molecule is Cc1ccc(SCc2cccc(C#CCN)c2)c(C)c1. The van der Waals surface area contributed by atoms with E-state index in [0.717, 1.165) is 11.3 Å². The Bertz CT molecular complexity index is 650. The summed E-state index contributed by atoms with van der Waals surface area (Å²) in [5.41, 5.74) is 10.4. The minimum absolute atomic E-state index is 0.404. The smallest absolute Gasteiger partial charge is 0.0555 e. The molecule has 0 aliphatic heterocycles. The molecule has 0 amide bonds. The normalized spacial score (nSPS) is 9.95. The molecule has 0 heterocycles. The van der Waals surface area contributed by atoms with Crippen molar-refractivity contribution >= 4 is 11.8 Å². The van der Waals surface area contributed by atoms with Crippen molar-refractivity contribution in [1.82, 2.24) is 0 Å². The van der Waals surface area contributed by atoms with E-state index >= 15 is 0 Å². The summed E-state index contributed by atoms with van der Waals surface area (Å²) in [6, 6.07) is 15.0. The van der Waals surface area contributed by atoms with Crippen molar-refractivity contribution < 1.29 is 0 Å². The van der Waals surface area contributed by atoms with E-state index < -0.39 is 0 Å². The van der Waals surface area contributed by atoms with Gasteiger partial charge < -0.3 is 5.73 Å². The fraction of sp³-hybridized carbons (Fsp3) is 0.222. The highest BCUT2D eigenvalue weighted by atomic mass is 32.2. The molecule has 2 aromatic carbocycles. The first kappa shape index (κ1) is 14.7. The van der Waals surface area contributed by atoms with E-state index in [9.17, 15) is 0 Å². The molecule has 0 aromatic heterocycles. The predicted molar refractivity (Wildman–Crippen MR) is 87.9 cm³/mol. The van der Waals surface area contributed by atoms with Crippen LogP contribution in [0.4, 0.5) is 0 Å². The second kappa shape index (κ2) is 7.19. The molecule has 2 heteroatoms. The molecule has 0 bridgehead atoms. The minimum atomic E-state index is 0.404. The average molecular weight is 281 g/mol. The second-order valence-corrected chi connectivity index (χ2v) is 5.78. The molecule has 2 N–H and O–H groups in total. The zero-order valence-electron chi connectivity index (χ0n) is 11.9. The first-order valence-electron chi connectivity index (χ1n) is 6.67. The summed E-state index contributed by atoms with van der Waals surface area (Å²) in [7, 11) is 0. The van der Waals surface area contributed by atoms with Crippen molar-refractivity contribution in [3.05, 3.63) is 64.7 Å². The minimum Gasteiger partial charge on any atom is -0.320 e. The third-order valence-corrected chi connectivity index (χ3v) is 4.23. The fourth-order valence-electron chi connectivity index (χ4n) is 2.01. The molecule has 20 heavy (non-hydrogen) atoms. The standard InChI is InChI=1S/C18H19NS/c1-14-8-9-18(15(2)11-14)20-13-17-6-3-5-16(12-17)7-4-10-19/h3,5-6,8-9,11-12H,10,13,19H2,1-2H3. The Morgan fingerprint density at radius 1 is 1.10 bits per heavy atom. The Kier molecular flexibility index (Phi) is 5.29. The van der Waals surface area contributed by atoms with Gasteiger partial charge in [0.25, 0.3) is 0 Å². The summed E-state index contributed by atoms with van der Waals surface area (Å²) >= 11 is 1.87. The van der Waals surface area contributed by atoms with Crippen LogP contribution in [-0.2, 0) is 5.75 Å². The molecule has 0 saturated heterocycles. The predicted octanol–water partition coefficient (Wildman–Crippen LogP) is 3.91. The third kappa shape index (κ3) is 4.16. The van der Waals surface area contributed by atoms with Gasteiger partial charge in [-0.05, 0) is 43.2 Å². The lowest BCUT2D eigenvalue weighted by atomic mass is 10.1. The summed E-state index contributed by atoms with van der Waals surface area (Å²) in [5, 5.41) is 0. The Morgan fingerprint density at radius 2 is 1.95 bits per heavy atom. The van der Waals surface area contributed by atoms with E-state index in [1.807, 2.05) is 17.8 Å². The van der Waals surface area contributed by atoms with Gasteiger partial charge in [-0.1, -0.05) is 41.7 Å². The first-order chi connectivity index (χ1) is 9.69. The lowest BCUT2D eigenvalue weighted by molar-refractivity contribution is 1.25. The van der Waals surface area contributed by atoms with Crippen LogP contribution in [0.2, 0.25) is 0 Å². The fourth-order valence-corrected chi connectivity index (χ4v) is 2.97. The molecule has 2 rings (SSSR count). The van der Waals surface area contributed by atoms with Gasteiger partial charge in [-0.15, -0.1) is 11.8 Å². The molecule has 0 atom stereocenters.